The van der Waals surface area contributed by atoms with E-state index in [0.29, 0.717) is 5.92 Å². The Hall–Kier alpha value is -1.29. The lowest BCUT2D eigenvalue weighted by Crippen LogP contribution is -2.36. The second-order valence-electron chi connectivity index (χ2n) is 4.81. The van der Waals surface area contributed by atoms with Gasteiger partial charge in [0, 0.05) is 33.0 Å². The van der Waals surface area contributed by atoms with Crippen LogP contribution in [0.3, 0.4) is 0 Å². The molecule has 1 saturated heterocycles. The molecule has 0 radical (unpaired) electrons. The summed E-state index contributed by atoms with van der Waals surface area (Å²) in [6.45, 7) is 4.92. The van der Waals surface area contributed by atoms with E-state index in [1.807, 2.05) is 19.2 Å². The molecule has 0 bridgehead atoms. The first-order valence-electron chi connectivity index (χ1n) is 6.16. The molecule has 1 aliphatic rings. The van der Waals surface area contributed by atoms with Crippen LogP contribution in [0.15, 0.2) is 12.3 Å². The zero-order valence-corrected chi connectivity index (χ0v) is 10.6. The van der Waals surface area contributed by atoms with Crippen molar-refractivity contribution in [3.05, 3.63) is 17.8 Å². The molecule has 4 heteroatoms. The molecule has 0 aliphatic carbocycles. The van der Waals surface area contributed by atoms with E-state index in [-0.39, 0.29) is 0 Å². The van der Waals surface area contributed by atoms with Gasteiger partial charge in [0.15, 0.2) is 5.82 Å². The largest absolute Gasteiger partial charge is 0.396 e. The van der Waals surface area contributed by atoms with Gasteiger partial charge in [0.25, 0.3) is 0 Å². The molecule has 0 aromatic carbocycles. The average molecular weight is 235 g/mol. The molecule has 0 saturated carbocycles. The van der Waals surface area contributed by atoms with Crippen LogP contribution < -0.4 is 10.6 Å². The highest BCUT2D eigenvalue weighted by atomic mass is 16.5. The van der Waals surface area contributed by atoms with E-state index in [4.69, 9.17) is 10.5 Å². The number of piperidine rings is 1. The Kier molecular flexibility index (Phi) is 3.84. The van der Waals surface area contributed by atoms with Gasteiger partial charge in [-0.25, -0.2) is 4.98 Å². The average Bonchev–Trinajstić information content (AvgIpc) is 2.31. The maximum atomic E-state index is 6.02. The highest BCUT2D eigenvalue weighted by Gasteiger charge is 2.21. The van der Waals surface area contributed by atoms with Crippen molar-refractivity contribution < 1.29 is 4.74 Å². The Morgan fingerprint density at radius 1 is 1.47 bits per heavy atom. The Labute approximate surface area is 103 Å². The summed E-state index contributed by atoms with van der Waals surface area (Å²) in [6, 6.07) is 1.99. The fraction of sp³-hybridized carbons (Fsp3) is 0.615. The summed E-state index contributed by atoms with van der Waals surface area (Å²) in [5.74, 6) is 1.62. The monoisotopic (exact) mass is 235 g/mol. The maximum absolute atomic E-state index is 6.02. The van der Waals surface area contributed by atoms with Gasteiger partial charge in [0.05, 0.1) is 5.69 Å². The van der Waals surface area contributed by atoms with Gasteiger partial charge >= 0.3 is 0 Å². The van der Waals surface area contributed by atoms with Crippen LogP contribution in [0.25, 0.3) is 0 Å². The first-order chi connectivity index (χ1) is 8.20. The van der Waals surface area contributed by atoms with Gasteiger partial charge in [-0.2, -0.15) is 0 Å². The molecule has 1 fully saturated rings. The lowest BCUT2D eigenvalue weighted by atomic mass is 9.98. The highest BCUT2D eigenvalue weighted by molar-refractivity contribution is 5.63. The molecule has 0 unspecified atom stereocenters. The lowest BCUT2D eigenvalue weighted by Gasteiger charge is -2.33. The molecule has 2 rings (SSSR count). The third kappa shape index (κ3) is 2.88. The molecule has 0 spiro atoms. The number of nitrogen functional groups attached to an aromatic ring is 1. The van der Waals surface area contributed by atoms with E-state index in [2.05, 4.69) is 9.88 Å². The summed E-state index contributed by atoms with van der Waals surface area (Å²) >= 11 is 0. The van der Waals surface area contributed by atoms with Crippen LogP contribution in [0.5, 0.6) is 0 Å². The molecule has 1 aromatic heterocycles. The van der Waals surface area contributed by atoms with Crippen molar-refractivity contribution in [3.63, 3.8) is 0 Å². The summed E-state index contributed by atoms with van der Waals surface area (Å²) in [7, 11) is 1.77. The van der Waals surface area contributed by atoms with Crippen molar-refractivity contribution in [1.82, 2.24) is 4.98 Å². The molecular weight excluding hydrogens is 214 g/mol. The van der Waals surface area contributed by atoms with Crippen LogP contribution in [-0.2, 0) is 4.74 Å². The highest BCUT2D eigenvalue weighted by Crippen LogP contribution is 2.26. The predicted octanol–water partition coefficient (Wildman–Crippen LogP) is 1.84. The van der Waals surface area contributed by atoms with Crippen LogP contribution in [0.2, 0.25) is 0 Å². The number of aromatic nitrogens is 1. The third-order valence-electron chi connectivity index (χ3n) is 3.35. The van der Waals surface area contributed by atoms with Gasteiger partial charge in [0.2, 0.25) is 0 Å². The number of ether oxygens (including phenoxy) is 1. The number of hydrogen-bond donors (Lipinski definition) is 1. The number of rotatable bonds is 3. The van der Waals surface area contributed by atoms with Crippen molar-refractivity contribution in [3.8, 4) is 0 Å². The molecule has 2 N–H and O–H groups in total. The number of nitrogens with two attached hydrogens (primary N) is 1. The minimum Gasteiger partial charge on any atom is -0.396 e. The molecule has 1 aromatic rings. The van der Waals surface area contributed by atoms with E-state index in [9.17, 15) is 0 Å². The third-order valence-corrected chi connectivity index (χ3v) is 3.35. The number of aryl methyl sites for hydroxylation is 1. The van der Waals surface area contributed by atoms with E-state index in [1.54, 1.807) is 7.11 Å². The zero-order valence-electron chi connectivity index (χ0n) is 10.6. The van der Waals surface area contributed by atoms with Crippen LogP contribution in [0.1, 0.15) is 18.4 Å². The van der Waals surface area contributed by atoms with Crippen molar-refractivity contribution in [1.29, 1.82) is 0 Å². The van der Waals surface area contributed by atoms with Crippen LogP contribution in [0, 0.1) is 12.8 Å². The number of nitrogens with zero attached hydrogens (tertiary/aromatic N) is 2. The van der Waals surface area contributed by atoms with Gasteiger partial charge in [0.1, 0.15) is 0 Å². The second kappa shape index (κ2) is 5.36. The predicted molar refractivity (Wildman–Crippen MR) is 70.2 cm³/mol. The van der Waals surface area contributed by atoms with Gasteiger partial charge in [-0.1, -0.05) is 0 Å². The number of pyridine rings is 1. The second-order valence-corrected chi connectivity index (χ2v) is 4.81. The first-order valence-corrected chi connectivity index (χ1v) is 6.16. The summed E-state index contributed by atoms with van der Waals surface area (Å²) in [4.78, 5) is 6.72. The summed E-state index contributed by atoms with van der Waals surface area (Å²) < 4.78 is 5.20. The molecule has 4 nitrogen and oxygen atoms in total. The van der Waals surface area contributed by atoms with E-state index in [0.717, 1.165) is 49.6 Å². The Bertz CT molecular complexity index is 373. The number of anilines is 2. The maximum Gasteiger partial charge on any atom is 0.151 e. The van der Waals surface area contributed by atoms with E-state index in [1.165, 1.54) is 0 Å². The fourth-order valence-corrected chi connectivity index (χ4v) is 2.40. The van der Waals surface area contributed by atoms with Gasteiger partial charge < -0.3 is 15.4 Å². The van der Waals surface area contributed by atoms with Crippen LogP contribution in [0.4, 0.5) is 11.5 Å². The molecular formula is C13H21N3O. The van der Waals surface area contributed by atoms with Crippen molar-refractivity contribution in [2.24, 2.45) is 5.92 Å². The summed E-state index contributed by atoms with van der Waals surface area (Å²) in [5, 5.41) is 0. The minimum absolute atomic E-state index is 0.683. The molecule has 0 amide bonds. The van der Waals surface area contributed by atoms with E-state index < -0.39 is 0 Å². The molecule has 1 aliphatic heterocycles. The standard InChI is InChI=1S/C13H21N3O/c1-10-7-12(14)13(15-8-10)16-5-3-11(4-6-16)9-17-2/h7-8,11H,3-6,9,14H2,1-2H3. The first kappa shape index (κ1) is 12.2. The summed E-state index contributed by atoms with van der Waals surface area (Å²) in [5.41, 5.74) is 7.92. The molecule has 2 heterocycles. The Balaban J connectivity index is 2.00. The van der Waals surface area contributed by atoms with Gasteiger partial charge in [-0.3, -0.25) is 0 Å². The zero-order chi connectivity index (χ0) is 12.3. The quantitative estimate of drug-likeness (QED) is 0.868. The number of methoxy groups -OCH3 is 1. The lowest BCUT2D eigenvalue weighted by molar-refractivity contribution is 0.139. The van der Waals surface area contributed by atoms with Crippen molar-refractivity contribution in [2.45, 2.75) is 19.8 Å². The van der Waals surface area contributed by atoms with Gasteiger partial charge in [-0.15, -0.1) is 0 Å². The SMILES string of the molecule is COCC1CCN(c2ncc(C)cc2N)CC1. The Morgan fingerprint density at radius 3 is 2.76 bits per heavy atom. The van der Waals surface area contributed by atoms with Crippen molar-refractivity contribution in [2.75, 3.05) is 37.4 Å². The smallest absolute Gasteiger partial charge is 0.151 e. The van der Waals surface area contributed by atoms with Crippen molar-refractivity contribution >= 4 is 11.5 Å². The molecule has 0 atom stereocenters. The summed E-state index contributed by atoms with van der Waals surface area (Å²) in [6.07, 6.45) is 4.19. The Morgan fingerprint density at radius 2 is 2.18 bits per heavy atom. The topological polar surface area (TPSA) is 51.4 Å². The molecule has 94 valence electrons. The fourth-order valence-electron chi connectivity index (χ4n) is 2.40. The van der Waals surface area contributed by atoms with Crippen LogP contribution >= 0.6 is 0 Å². The molecule has 17 heavy (non-hydrogen) atoms. The normalized spacial score (nSPS) is 17.4. The van der Waals surface area contributed by atoms with E-state index >= 15 is 0 Å². The van der Waals surface area contributed by atoms with Gasteiger partial charge in [-0.05, 0) is 37.3 Å². The minimum atomic E-state index is 0.683. The number of hydrogen-bond acceptors (Lipinski definition) is 4. The van der Waals surface area contributed by atoms with Crippen LogP contribution in [-0.4, -0.2) is 31.8 Å².